The molecule has 0 heterocycles. The predicted octanol–water partition coefficient (Wildman–Crippen LogP) is 5.20. The van der Waals surface area contributed by atoms with Gasteiger partial charge in [-0.2, -0.15) is 0 Å². The molecule has 1 aliphatic rings. The molecule has 27 heavy (non-hydrogen) atoms. The molecule has 3 nitrogen and oxygen atoms in total. The fourth-order valence-electron chi connectivity index (χ4n) is 1.60. The number of benzene rings is 3. The maximum absolute atomic E-state index is 8.63. The van der Waals surface area contributed by atoms with Crippen LogP contribution in [0.3, 0.4) is 0 Å². The minimum Gasteiger partial charge on any atom is -0.508 e. The van der Waals surface area contributed by atoms with Crippen LogP contribution in [0.5, 0.6) is 17.2 Å². The fourth-order valence-corrected chi connectivity index (χ4v) is 1.60. The molecule has 0 amide bonds. The van der Waals surface area contributed by atoms with E-state index in [1.54, 1.807) is 72.8 Å². The van der Waals surface area contributed by atoms with Gasteiger partial charge in [-0.3, -0.25) is 0 Å². The average molecular weight is 395 g/mol. The number of phenolic OH excluding ortho intramolecular Hbond substituents is 3. The van der Waals surface area contributed by atoms with Crippen molar-refractivity contribution in [3.63, 3.8) is 0 Å². The first kappa shape index (κ1) is 24.8. The van der Waals surface area contributed by atoms with Crippen LogP contribution in [-0.4, -0.2) is 15.3 Å². The first-order chi connectivity index (χ1) is 12.7. The van der Waals surface area contributed by atoms with Crippen LogP contribution in [-0.2, 0) is 21.7 Å². The molecule has 0 spiro atoms. The van der Waals surface area contributed by atoms with E-state index in [1.165, 1.54) is 0 Å². The van der Waals surface area contributed by atoms with Gasteiger partial charge >= 0.3 is 0 Å². The summed E-state index contributed by atoms with van der Waals surface area (Å²) >= 11 is 0. The quantitative estimate of drug-likeness (QED) is 0.459. The van der Waals surface area contributed by atoms with E-state index in [9.17, 15) is 0 Å². The fraction of sp³-hybridized carbons (Fsp3) is 0. The number of hydrogen-bond acceptors (Lipinski definition) is 3. The van der Waals surface area contributed by atoms with Crippen LogP contribution >= 0.6 is 0 Å². The third-order valence-corrected chi connectivity index (χ3v) is 2.82. The third-order valence-electron chi connectivity index (χ3n) is 2.82. The Kier molecular flexibility index (Phi) is 15.8. The van der Waals surface area contributed by atoms with E-state index in [0.717, 1.165) is 0 Å². The molecule has 0 unspecified atom stereocenters. The summed E-state index contributed by atoms with van der Waals surface area (Å²) in [5, 5.41) is 25.9. The summed E-state index contributed by atoms with van der Waals surface area (Å²) in [5.41, 5.74) is 0. The molecular formula is C23H23O3Ti. The number of aromatic hydroxyl groups is 3. The summed E-state index contributed by atoms with van der Waals surface area (Å²) in [7, 11) is 0. The van der Waals surface area contributed by atoms with Crippen molar-refractivity contribution in [1.29, 1.82) is 0 Å². The average Bonchev–Trinajstić information content (AvgIpc) is 3.25. The molecule has 0 aromatic heterocycles. The first-order valence-corrected chi connectivity index (χ1v) is 8.07. The molecule has 0 aliphatic heterocycles. The number of para-hydroxylation sites is 3. The van der Waals surface area contributed by atoms with Crippen molar-refractivity contribution in [2.75, 3.05) is 0 Å². The van der Waals surface area contributed by atoms with Gasteiger partial charge in [0, 0.05) is 21.7 Å². The second kappa shape index (κ2) is 17.2. The van der Waals surface area contributed by atoms with Crippen LogP contribution in [0.1, 0.15) is 0 Å². The Balaban J connectivity index is 0.000000332. The Bertz CT molecular complexity index is 560. The van der Waals surface area contributed by atoms with E-state index >= 15 is 0 Å². The van der Waals surface area contributed by atoms with Crippen molar-refractivity contribution < 1.29 is 37.0 Å². The Morgan fingerprint density at radius 3 is 0.630 bits per heavy atom. The zero-order chi connectivity index (χ0) is 18.9. The molecule has 0 atom stereocenters. The summed E-state index contributed by atoms with van der Waals surface area (Å²) in [6, 6.07) is 26.1. The Morgan fingerprint density at radius 2 is 0.519 bits per heavy atom. The Hall–Kier alpha value is -2.23. The minimum atomic E-state index is 0. The monoisotopic (exact) mass is 395 g/mol. The molecule has 1 aliphatic carbocycles. The topological polar surface area (TPSA) is 60.7 Å². The molecular weight excluding hydrogens is 372 g/mol. The zero-order valence-electron chi connectivity index (χ0n) is 14.9. The van der Waals surface area contributed by atoms with Crippen molar-refractivity contribution in [2.24, 2.45) is 0 Å². The smallest absolute Gasteiger partial charge is 0.115 e. The van der Waals surface area contributed by atoms with Gasteiger partial charge < -0.3 is 15.3 Å². The van der Waals surface area contributed by atoms with Crippen molar-refractivity contribution in [3.05, 3.63) is 123 Å². The van der Waals surface area contributed by atoms with Gasteiger partial charge in [-0.1, -0.05) is 54.6 Å². The molecule has 1 saturated carbocycles. The van der Waals surface area contributed by atoms with E-state index < -0.39 is 0 Å². The second-order valence-electron chi connectivity index (χ2n) is 4.97. The molecule has 4 rings (SSSR count). The van der Waals surface area contributed by atoms with Crippen LogP contribution in [0.2, 0.25) is 0 Å². The number of phenols is 3. The summed E-state index contributed by atoms with van der Waals surface area (Å²) < 4.78 is 0. The van der Waals surface area contributed by atoms with Gasteiger partial charge in [0.1, 0.15) is 17.2 Å². The van der Waals surface area contributed by atoms with Gasteiger partial charge in [-0.05, 0) is 68.5 Å². The largest absolute Gasteiger partial charge is 0.508 e. The Labute approximate surface area is 177 Å². The summed E-state index contributed by atoms with van der Waals surface area (Å²) in [4.78, 5) is 0. The zero-order valence-corrected chi connectivity index (χ0v) is 16.5. The van der Waals surface area contributed by atoms with Crippen LogP contribution < -0.4 is 0 Å². The summed E-state index contributed by atoms with van der Waals surface area (Å²) in [5.74, 6) is 0.965. The molecule has 3 N–H and O–H groups in total. The van der Waals surface area contributed by atoms with Crippen LogP contribution in [0.4, 0.5) is 0 Å². The predicted molar refractivity (Wildman–Crippen MR) is 106 cm³/mol. The van der Waals surface area contributed by atoms with E-state index in [2.05, 4.69) is 0 Å². The normalized spacial score (nSPS) is 11.1. The van der Waals surface area contributed by atoms with Gasteiger partial charge in [-0.15, -0.1) is 0 Å². The summed E-state index contributed by atoms with van der Waals surface area (Å²) in [6.45, 7) is 0. The van der Waals surface area contributed by atoms with E-state index in [0.29, 0.717) is 17.2 Å². The van der Waals surface area contributed by atoms with E-state index in [4.69, 9.17) is 15.3 Å². The molecule has 5 radical (unpaired) electrons. The van der Waals surface area contributed by atoms with Gasteiger partial charge in [0.25, 0.3) is 0 Å². The maximum Gasteiger partial charge on any atom is 0.115 e. The molecule has 137 valence electrons. The van der Waals surface area contributed by atoms with Gasteiger partial charge in [0.05, 0.1) is 0 Å². The van der Waals surface area contributed by atoms with E-state index in [-0.39, 0.29) is 21.7 Å². The number of hydrogen-bond donors (Lipinski definition) is 3. The summed E-state index contributed by atoms with van der Waals surface area (Å²) in [6.07, 6.45) is 10.0. The van der Waals surface area contributed by atoms with Crippen molar-refractivity contribution in [1.82, 2.24) is 0 Å². The van der Waals surface area contributed by atoms with Crippen molar-refractivity contribution >= 4 is 0 Å². The molecule has 1 fully saturated rings. The number of rotatable bonds is 0. The van der Waals surface area contributed by atoms with E-state index in [1.807, 2.05) is 50.3 Å². The van der Waals surface area contributed by atoms with Gasteiger partial charge in [0.15, 0.2) is 0 Å². The molecule has 4 heteroatoms. The molecule has 0 bridgehead atoms. The van der Waals surface area contributed by atoms with Gasteiger partial charge in [-0.25, -0.2) is 0 Å². The van der Waals surface area contributed by atoms with Gasteiger partial charge in [0.2, 0.25) is 0 Å². The van der Waals surface area contributed by atoms with Crippen LogP contribution in [0.25, 0.3) is 0 Å². The minimum absolute atomic E-state index is 0. The maximum atomic E-state index is 8.63. The Morgan fingerprint density at radius 1 is 0.333 bits per heavy atom. The first-order valence-electron chi connectivity index (χ1n) is 8.07. The molecule has 3 aromatic rings. The van der Waals surface area contributed by atoms with Crippen molar-refractivity contribution in [2.45, 2.75) is 0 Å². The standard InChI is InChI=1S/3C6H6O.C5H5.Ti/c3*7-6-4-2-1-3-5-6;1-2-4-5-3-1;/h3*1-5,7H;1-5H;. The van der Waals surface area contributed by atoms with Crippen molar-refractivity contribution in [3.8, 4) is 17.2 Å². The molecule has 3 aromatic carbocycles. The SMILES string of the molecule is Oc1ccccc1.Oc1ccccc1.Oc1ccccc1.[CH]1[CH][CH][CH][CH]1.[Ti]. The van der Waals surface area contributed by atoms with Crippen LogP contribution in [0.15, 0.2) is 91.0 Å². The third kappa shape index (κ3) is 15.7. The molecule has 0 saturated heterocycles. The second-order valence-corrected chi connectivity index (χ2v) is 4.97. The van der Waals surface area contributed by atoms with Crippen LogP contribution in [0, 0.1) is 32.1 Å².